The minimum absolute atomic E-state index is 0.0562. The van der Waals surface area contributed by atoms with Gasteiger partial charge >= 0.3 is 0 Å². The standard InChI is InChI=1S/C11H12FNO2/c1-15-11-5-10-8(4-9(11)12)7(2-3-14)6-13-10/h4-6,13-14H,2-3H2,1H3. The van der Waals surface area contributed by atoms with Crippen molar-refractivity contribution >= 4 is 10.9 Å². The number of halogens is 1. The van der Waals surface area contributed by atoms with E-state index >= 15 is 0 Å². The summed E-state index contributed by atoms with van der Waals surface area (Å²) < 4.78 is 18.3. The van der Waals surface area contributed by atoms with E-state index in [1.165, 1.54) is 13.2 Å². The van der Waals surface area contributed by atoms with E-state index in [9.17, 15) is 4.39 Å². The number of benzene rings is 1. The number of aliphatic hydroxyl groups is 1. The average Bonchev–Trinajstić information content (AvgIpc) is 2.61. The van der Waals surface area contributed by atoms with Crippen LogP contribution in [0.5, 0.6) is 5.75 Å². The first-order valence-corrected chi connectivity index (χ1v) is 4.70. The third kappa shape index (κ3) is 1.68. The normalized spacial score (nSPS) is 10.9. The summed E-state index contributed by atoms with van der Waals surface area (Å²) in [5, 5.41) is 9.63. The number of methoxy groups -OCH3 is 1. The highest BCUT2D eigenvalue weighted by molar-refractivity contribution is 5.84. The lowest BCUT2D eigenvalue weighted by Gasteiger charge is -2.02. The van der Waals surface area contributed by atoms with Crippen LogP contribution in [0.3, 0.4) is 0 Å². The zero-order chi connectivity index (χ0) is 10.8. The molecule has 3 nitrogen and oxygen atoms in total. The Morgan fingerprint density at radius 1 is 1.47 bits per heavy atom. The number of hydrogen-bond donors (Lipinski definition) is 2. The van der Waals surface area contributed by atoms with E-state index in [1.54, 1.807) is 12.3 Å². The molecule has 0 fully saturated rings. The summed E-state index contributed by atoms with van der Waals surface area (Å²) in [7, 11) is 1.43. The van der Waals surface area contributed by atoms with Crippen LogP contribution in [-0.4, -0.2) is 23.8 Å². The summed E-state index contributed by atoms with van der Waals surface area (Å²) in [6, 6.07) is 3.04. The number of fused-ring (bicyclic) bond motifs is 1. The van der Waals surface area contributed by atoms with Crippen LogP contribution in [0.4, 0.5) is 4.39 Å². The Bertz CT molecular complexity index is 479. The van der Waals surface area contributed by atoms with Gasteiger partial charge in [-0.2, -0.15) is 0 Å². The van der Waals surface area contributed by atoms with Crippen molar-refractivity contribution in [3.05, 3.63) is 29.7 Å². The molecule has 2 N–H and O–H groups in total. The molecule has 0 spiro atoms. The molecule has 0 radical (unpaired) electrons. The second kappa shape index (κ2) is 3.90. The molecule has 1 heterocycles. The van der Waals surface area contributed by atoms with Crippen molar-refractivity contribution in [3.8, 4) is 5.75 Å². The maximum Gasteiger partial charge on any atom is 0.165 e. The maximum atomic E-state index is 13.4. The van der Waals surface area contributed by atoms with Gasteiger partial charge in [-0.3, -0.25) is 0 Å². The highest BCUT2D eigenvalue weighted by Crippen LogP contribution is 2.26. The molecule has 0 saturated carbocycles. The van der Waals surface area contributed by atoms with Gasteiger partial charge in [0.05, 0.1) is 7.11 Å². The summed E-state index contributed by atoms with van der Waals surface area (Å²) in [5.74, 6) is -0.163. The SMILES string of the molecule is COc1cc2[nH]cc(CCO)c2cc1F. The Morgan fingerprint density at radius 3 is 2.93 bits per heavy atom. The topological polar surface area (TPSA) is 45.2 Å². The third-order valence-corrected chi connectivity index (χ3v) is 2.42. The molecule has 0 amide bonds. The van der Waals surface area contributed by atoms with Crippen LogP contribution < -0.4 is 4.74 Å². The van der Waals surface area contributed by atoms with Gasteiger partial charge in [0.25, 0.3) is 0 Å². The maximum absolute atomic E-state index is 13.4. The summed E-state index contributed by atoms with van der Waals surface area (Å²) in [5.41, 5.74) is 1.73. The fourth-order valence-corrected chi connectivity index (χ4v) is 1.66. The lowest BCUT2D eigenvalue weighted by Crippen LogP contribution is -1.90. The van der Waals surface area contributed by atoms with E-state index in [0.717, 1.165) is 16.5 Å². The first kappa shape index (κ1) is 9.98. The van der Waals surface area contributed by atoms with Gasteiger partial charge in [-0.15, -0.1) is 0 Å². The molecule has 0 atom stereocenters. The Morgan fingerprint density at radius 2 is 2.27 bits per heavy atom. The van der Waals surface area contributed by atoms with Gasteiger partial charge in [-0.1, -0.05) is 0 Å². The summed E-state index contributed by atoms with van der Waals surface area (Å²) in [6.45, 7) is 0.0562. The van der Waals surface area contributed by atoms with Crippen molar-refractivity contribution in [2.75, 3.05) is 13.7 Å². The zero-order valence-electron chi connectivity index (χ0n) is 8.38. The minimum atomic E-state index is -0.385. The van der Waals surface area contributed by atoms with Crippen LogP contribution in [0.25, 0.3) is 10.9 Å². The number of hydrogen-bond acceptors (Lipinski definition) is 2. The Hall–Kier alpha value is -1.55. The fraction of sp³-hybridized carbons (Fsp3) is 0.273. The molecule has 2 rings (SSSR count). The highest BCUT2D eigenvalue weighted by Gasteiger charge is 2.09. The fourth-order valence-electron chi connectivity index (χ4n) is 1.66. The quantitative estimate of drug-likeness (QED) is 0.810. The van der Waals surface area contributed by atoms with Crippen molar-refractivity contribution in [2.24, 2.45) is 0 Å². The van der Waals surface area contributed by atoms with E-state index in [1.807, 2.05) is 0 Å². The van der Waals surface area contributed by atoms with E-state index < -0.39 is 0 Å². The van der Waals surface area contributed by atoms with Crippen LogP contribution >= 0.6 is 0 Å². The largest absolute Gasteiger partial charge is 0.494 e. The number of rotatable bonds is 3. The van der Waals surface area contributed by atoms with E-state index in [0.29, 0.717) is 6.42 Å². The van der Waals surface area contributed by atoms with E-state index in [4.69, 9.17) is 9.84 Å². The molecule has 0 bridgehead atoms. The molecule has 0 unspecified atom stereocenters. The first-order chi connectivity index (χ1) is 7.26. The number of aliphatic hydroxyl groups excluding tert-OH is 1. The van der Waals surface area contributed by atoms with Crippen molar-refractivity contribution < 1.29 is 14.2 Å². The van der Waals surface area contributed by atoms with Crippen LogP contribution in [0.2, 0.25) is 0 Å². The number of nitrogens with one attached hydrogen (secondary N) is 1. The smallest absolute Gasteiger partial charge is 0.165 e. The van der Waals surface area contributed by atoms with Crippen LogP contribution in [0.1, 0.15) is 5.56 Å². The number of ether oxygens (including phenoxy) is 1. The molecule has 0 saturated heterocycles. The molecule has 4 heteroatoms. The number of H-pyrrole nitrogens is 1. The van der Waals surface area contributed by atoms with E-state index in [2.05, 4.69) is 4.98 Å². The highest BCUT2D eigenvalue weighted by atomic mass is 19.1. The molecule has 1 aromatic heterocycles. The Kier molecular flexibility index (Phi) is 2.60. The van der Waals surface area contributed by atoms with Gasteiger partial charge in [-0.25, -0.2) is 4.39 Å². The van der Waals surface area contributed by atoms with Gasteiger partial charge in [0.1, 0.15) is 0 Å². The van der Waals surface area contributed by atoms with Gasteiger partial charge in [0, 0.05) is 29.8 Å². The average molecular weight is 209 g/mol. The zero-order valence-corrected chi connectivity index (χ0v) is 8.38. The third-order valence-electron chi connectivity index (χ3n) is 2.42. The second-order valence-corrected chi connectivity index (χ2v) is 3.32. The first-order valence-electron chi connectivity index (χ1n) is 4.70. The molecular weight excluding hydrogens is 197 g/mol. The van der Waals surface area contributed by atoms with Crippen LogP contribution in [0.15, 0.2) is 18.3 Å². The predicted molar refractivity (Wildman–Crippen MR) is 55.6 cm³/mol. The minimum Gasteiger partial charge on any atom is -0.494 e. The van der Waals surface area contributed by atoms with Crippen molar-refractivity contribution in [1.29, 1.82) is 0 Å². The van der Waals surface area contributed by atoms with Crippen molar-refractivity contribution in [1.82, 2.24) is 4.98 Å². The molecule has 1 aromatic carbocycles. The van der Waals surface area contributed by atoms with Gasteiger partial charge in [-0.05, 0) is 18.1 Å². The molecule has 0 aliphatic rings. The second-order valence-electron chi connectivity index (χ2n) is 3.32. The van der Waals surface area contributed by atoms with Crippen LogP contribution in [-0.2, 0) is 6.42 Å². The number of aromatic amines is 1. The predicted octanol–water partition coefficient (Wildman–Crippen LogP) is 1.85. The number of aromatic nitrogens is 1. The van der Waals surface area contributed by atoms with Crippen LogP contribution in [0, 0.1) is 5.82 Å². The molecule has 0 aliphatic carbocycles. The van der Waals surface area contributed by atoms with Gasteiger partial charge < -0.3 is 14.8 Å². The summed E-state index contributed by atoms with van der Waals surface area (Å²) in [6.07, 6.45) is 2.30. The monoisotopic (exact) mass is 209 g/mol. The molecule has 80 valence electrons. The van der Waals surface area contributed by atoms with Crippen molar-refractivity contribution in [2.45, 2.75) is 6.42 Å². The lowest BCUT2D eigenvalue weighted by atomic mass is 10.1. The molecule has 0 aliphatic heterocycles. The van der Waals surface area contributed by atoms with E-state index in [-0.39, 0.29) is 18.2 Å². The molecule has 15 heavy (non-hydrogen) atoms. The lowest BCUT2D eigenvalue weighted by molar-refractivity contribution is 0.300. The molecule has 2 aromatic rings. The Balaban J connectivity index is 2.57. The summed E-state index contributed by atoms with van der Waals surface area (Å²) in [4.78, 5) is 3.02. The van der Waals surface area contributed by atoms with Gasteiger partial charge in [0.2, 0.25) is 0 Å². The Labute approximate surface area is 86.5 Å². The summed E-state index contributed by atoms with van der Waals surface area (Å²) >= 11 is 0. The van der Waals surface area contributed by atoms with Crippen molar-refractivity contribution in [3.63, 3.8) is 0 Å². The molecular formula is C11H12FNO2. The van der Waals surface area contributed by atoms with Gasteiger partial charge in [0.15, 0.2) is 11.6 Å².